The van der Waals surface area contributed by atoms with Crippen molar-refractivity contribution in [3.63, 3.8) is 0 Å². The van der Waals surface area contributed by atoms with Crippen LogP contribution in [0.5, 0.6) is 0 Å². The van der Waals surface area contributed by atoms with Crippen molar-refractivity contribution >= 4 is 17.0 Å². The summed E-state index contributed by atoms with van der Waals surface area (Å²) in [5, 5.41) is 10.8. The number of hydrogen-bond acceptors (Lipinski definition) is 4. The third-order valence-electron chi connectivity index (χ3n) is 3.00. The van der Waals surface area contributed by atoms with E-state index in [9.17, 15) is 0 Å². The molecule has 0 aliphatic rings. The molecule has 0 saturated heterocycles. The molecule has 102 valence electrons. The summed E-state index contributed by atoms with van der Waals surface area (Å²) < 4.78 is 1.92. The van der Waals surface area contributed by atoms with E-state index < -0.39 is 0 Å². The highest BCUT2D eigenvalue weighted by molar-refractivity contribution is 7.09. The summed E-state index contributed by atoms with van der Waals surface area (Å²) in [5.41, 5.74) is 3.44. The number of nitrogens with one attached hydrogen (secondary N) is 1. The molecule has 1 aromatic carbocycles. The van der Waals surface area contributed by atoms with Crippen molar-refractivity contribution in [3.05, 3.63) is 64.4 Å². The van der Waals surface area contributed by atoms with Gasteiger partial charge in [0.1, 0.15) is 0 Å². The second kappa shape index (κ2) is 5.88. The van der Waals surface area contributed by atoms with Gasteiger partial charge in [-0.25, -0.2) is 4.98 Å². The molecule has 0 bridgehead atoms. The molecule has 20 heavy (non-hydrogen) atoms. The largest absolute Gasteiger partial charge is 0.379 e. The monoisotopic (exact) mass is 284 g/mol. The maximum absolute atomic E-state index is 4.44. The molecular formula is C15H16N4S. The maximum Gasteiger partial charge on any atom is 0.0898 e. The Kier molecular flexibility index (Phi) is 3.78. The Balaban J connectivity index is 1.58. The van der Waals surface area contributed by atoms with Crippen molar-refractivity contribution in [2.45, 2.75) is 20.0 Å². The van der Waals surface area contributed by atoms with E-state index in [2.05, 4.69) is 45.0 Å². The summed E-state index contributed by atoms with van der Waals surface area (Å²) in [6.45, 7) is 3.60. The molecule has 3 aromatic rings. The minimum atomic E-state index is 0.767. The van der Waals surface area contributed by atoms with Crippen LogP contribution in [-0.2, 0) is 13.1 Å². The molecule has 0 aliphatic carbocycles. The van der Waals surface area contributed by atoms with E-state index in [-0.39, 0.29) is 0 Å². The average Bonchev–Trinajstić information content (AvgIpc) is 3.10. The Morgan fingerprint density at radius 2 is 2.10 bits per heavy atom. The minimum absolute atomic E-state index is 0.767. The Labute approximate surface area is 122 Å². The predicted octanol–water partition coefficient (Wildman–Crippen LogP) is 3.31. The quantitative estimate of drug-likeness (QED) is 0.781. The third-order valence-corrected chi connectivity index (χ3v) is 3.82. The molecular weight excluding hydrogens is 268 g/mol. The van der Waals surface area contributed by atoms with E-state index in [1.54, 1.807) is 17.5 Å². The van der Waals surface area contributed by atoms with E-state index in [0.717, 1.165) is 29.5 Å². The molecule has 0 fully saturated rings. The molecule has 3 rings (SSSR count). The molecule has 0 aliphatic heterocycles. The fourth-order valence-corrected chi connectivity index (χ4v) is 2.60. The summed E-state index contributed by atoms with van der Waals surface area (Å²) >= 11 is 1.68. The minimum Gasteiger partial charge on any atom is -0.379 e. The molecule has 0 saturated carbocycles. The smallest absolute Gasteiger partial charge is 0.0898 e. The molecule has 1 N–H and O–H groups in total. The van der Waals surface area contributed by atoms with Crippen LogP contribution in [0.15, 0.2) is 48.1 Å². The number of anilines is 1. The van der Waals surface area contributed by atoms with Gasteiger partial charge in [0.05, 0.1) is 23.8 Å². The first-order chi connectivity index (χ1) is 9.79. The number of thiazole rings is 1. The zero-order chi connectivity index (χ0) is 13.8. The molecule has 0 atom stereocenters. The van der Waals surface area contributed by atoms with Gasteiger partial charge < -0.3 is 5.32 Å². The lowest BCUT2D eigenvalue weighted by atomic mass is 10.2. The lowest BCUT2D eigenvalue weighted by molar-refractivity contribution is 0.687. The van der Waals surface area contributed by atoms with Crippen LogP contribution in [-0.4, -0.2) is 14.8 Å². The zero-order valence-electron chi connectivity index (χ0n) is 11.3. The van der Waals surface area contributed by atoms with E-state index >= 15 is 0 Å². The van der Waals surface area contributed by atoms with Crippen molar-refractivity contribution in [2.75, 3.05) is 5.32 Å². The van der Waals surface area contributed by atoms with Crippen LogP contribution < -0.4 is 5.32 Å². The van der Waals surface area contributed by atoms with Crippen LogP contribution in [0.1, 0.15) is 16.3 Å². The molecule has 5 heteroatoms. The Bertz CT molecular complexity index is 656. The van der Waals surface area contributed by atoms with Gasteiger partial charge in [-0.15, -0.1) is 11.3 Å². The second-order valence-electron chi connectivity index (χ2n) is 4.61. The number of benzene rings is 1. The fourth-order valence-electron chi connectivity index (χ4n) is 1.99. The van der Waals surface area contributed by atoms with Crippen LogP contribution in [0, 0.1) is 6.92 Å². The van der Waals surface area contributed by atoms with E-state index in [0.29, 0.717) is 0 Å². The van der Waals surface area contributed by atoms with Crippen LogP contribution in [0.2, 0.25) is 0 Å². The summed E-state index contributed by atoms with van der Waals surface area (Å²) in [7, 11) is 0. The Morgan fingerprint density at radius 3 is 2.75 bits per heavy atom. The second-order valence-corrected chi connectivity index (χ2v) is 5.67. The van der Waals surface area contributed by atoms with Gasteiger partial charge in [-0.1, -0.05) is 12.1 Å². The molecule has 4 nitrogen and oxygen atoms in total. The molecule has 0 spiro atoms. The van der Waals surface area contributed by atoms with Crippen molar-refractivity contribution in [1.82, 2.24) is 14.8 Å². The molecule has 0 amide bonds. The van der Waals surface area contributed by atoms with Gasteiger partial charge >= 0.3 is 0 Å². The van der Waals surface area contributed by atoms with Crippen LogP contribution in [0.4, 0.5) is 5.69 Å². The standard InChI is InChI=1S/C15H16N4S/c1-12-18-15(11-20-12)9-16-14-5-3-13(4-6-14)10-19-8-2-7-17-19/h2-8,11,16H,9-10H2,1H3. The van der Waals surface area contributed by atoms with E-state index in [1.165, 1.54) is 5.56 Å². The van der Waals surface area contributed by atoms with E-state index in [1.807, 2.05) is 23.9 Å². The maximum atomic E-state index is 4.44. The van der Waals surface area contributed by atoms with Gasteiger partial charge in [-0.3, -0.25) is 4.68 Å². The van der Waals surface area contributed by atoms with Crippen molar-refractivity contribution in [1.29, 1.82) is 0 Å². The number of aromatic nitrogens is 3. The number of nitrogens with zero attached hydrogens (tertiary/aromatic N) is 3. The van der Waals surface area contributed by atoms with E-state index in [4.69, 9.17) is 0 Å². The Morgan fingerprint density at radius 1 is 1.25 bits per heavy atom. The van der Waals surface area contributed by atoms with Gasteiger partial charge in [0.15, 0.2) is 0 Å². The normalized spacial score (nSPS) is 10.7. The number of aryl methyl sites for hydroxylation is 1. The zero-order valence-corrected chi connectivity index (χ0v) is 12.1. The van der Waals surface area contributed by atoms with Crippen LogP contribution in [0.25, 0.3) is 0 Å². The summed E-state index contributed by atoms with van der Waals surface area (Å²) in [6, 6.07) is 10.4. The molecule has 0 unspecified atom stereocenters. The first-order valence-electron chi connectivity index (χ1n) is 6.51. The van der Waals surface area contributed by atoms with Gasteiger partial charge in [0.2, 0.25) is 0 Å². The fraction of sp³-hybridized carbons (Fsp3) is 0.200. The number of hydrogen-bond donors (Lipinski definition) is 1. The molecule has 2 heterocycles. The summed E-state index contributed by atoms with van der Waals surface area (Å²) in [6.07, 6.45) is 3.77. The Hall–Kier alpha value is -2.14. The highest BCUT2D eigenvalue weighted by atomic mass is 32.1. The van der Waals surface area contributed by atoms with Gasteiger partial charge in [-0.2, -0.15) is 5.10 Å². The van der Waals surface area contributed by atoms with Gasteiger partial charge in [-0.05, 0) is 30.7 Å². The topological polar surface area (TPSA) is 42.7 Å². The van der Waals surface area contributed by atoms with Crippen molar-refractivity contribution in [3.8, 4) is 0 Å². The average molecular weight is 284 g/mol. The first kappa shape index (κ1) is 12.9. The number of rotatable bonds is 5. The third kappa shape index (κ3) is 3.24. The van der Waals surface area contributed by atoms with Gasteiger partial charge in [0, 0.05) is 23.5 Å². The summed E-state index contributed by atoms with van der Waals surface area (Å²) in [5.74, 6) is 0. The molecule has 0 radical (unpaired) electrons. The van der Waals surface area contributed by atoms with Crippen molar-refractivity contribution < 1.29 is 0 Å². The highest BCUT2D eigenvalue weighted by Crippen LogP contribution is 2.13. The SMILES string of the molecule is Cc1nc(CNc2ccc(Cn3cccn3)cc2)cs1. The first-order valence-corrected chi connectivity index (χ1v) is 7.39. The van der Waals surface area contributed by atoms with Crippen LogP contribution >= 0.6 is 11.3 Å². The highest BCUT2D eigenvalue weighted by Gasteiger charge is 1.99. The summed E-state index contributed by atoms with van der Waals surface area (Å²) in [4.78, 5) is 4.44. The lowest BCUT2D eigenvalue weighted by Crippen LogP contribution is -2.02. The van der Waals surface area contributed by atoms with Crippen molar-refractivity contribution in [2.24, 2.45) is 0 Å². The lowest BCUT2D eigenvalue weighted by Gasteiger charge is -2.06. The van der Waals surface area contributed by atoms with Gasteiger partial charge in [0.25, 0.3) is 0 Å². The molecule has 2 aromatic heterocycles. The predicted molar refractivity (Wildman–Crippen MR) is 81.9 cm³/mol. The van der Waals surface area contributed by atoms with Crippen LogP contribution in [0.3, 0.4) is 0 Å².